The summed E-state index contributed by atoms with van der Waals surface area (Å²) in [5.74, 6) is 3.03. The van der Waals surface area contributed by atoms with Crippen molar-refractivity contribution in [3.8, 4) is 17.2 Å². The molecule has 3 aromatic rings. The minimum absolute atomic E-state index is 0.135. The molecule has 1 N–H and O–H groups in total. The Morgan fingerprint density at radius 2 is 1.76 bits per heavy atom. The zero-order valence-electron chi connectivity index (χ0n) is 19.7. The number of amides is 1. The molecule has 1 aromatic heterocycles. The molecule has 1 amide bonds. The third-order valence-electron chi connectivity index (χ3n) is 6.21. The molecule has 0 saturated heterocycles. The average molecular weight is 450 g/mol. The molecule has 0 atom stereocenters. The van der Waals surface area contributed by atoms with E-state index in [0.717, 1.165) is 46.3 Å². The Bertz CT molecular complexity index is 1190. The minimum Gasteiger partial charge on any atom is -0.496 e. The number of aryl methyl sites for hydroxylation is 2. The van der Waals surface area contributed by atoms with E-state index in [2.05, 4.69) is 11.4 Å². The molecule has 0 radical (unpaired) electrons. The molecule has 0 spiro atoms. The second-order valence-electron chi connectivity index (χ2n) is 8.32. The van der Waals surface area contributed by atoms with Crippen LogP contribution in [0.4, 0.5) is 0 Å². The number of nitrogens with one attached hydrogen (secondary N) is 1. The fourth-order valence-electron chi connectivity index (χ4n) is 4.46. The van der Waals surface area contributed by atoms with Gasteiger partial charge in [0.2, 0.25) is 5.91 Å². The van der Waals surface area contributed by atoms with Gasteiger partial charge in [0.05, 0.1) is 21.3 Å². The van der Waals surface area contributed by atoms with E-state index in [0.29, 0.717) is 30.2 Å². The van der Waals surface area contributed by atoms with Crippen molar-refractivity contribution in [2.24, 2.45) is 0 Å². The number of allylic oxidation sites excluding steroid dienone is 1. The van der Waals surface area contributed by atoms with Crippen molar-refractivity contribution in [1.82, 2.24) is 5.32 Å². The normalized spacial score (nSPS) is 13.5. The largest absolute Gasteiger partial charge is 0.496 e. The summed E-state index contributed by atoms with van der Waals surface area (Å²) >= 11 is 0. The van der Waals surface area contributed by atoms with Gasteiger partial charge in [0.1, 0.15) is 17.1 Å². The molecule has 4 rings (SSSR count). The Morgan fingerprint density at radius 1 is 1.00 bits per heavy atom. The van der Waals surface area contributed by atoms with Gasteiger partial charge < -0.3 is 23.9 Å². The highest BCUT2D eigenvalue weighted by atomic mass is 16.5. The number of benzene rings is 2. The molecule has 0 aliphatic heterocycles. The highest BCUT2D eigenvalue weighted by Gasteiger charge is 2.20. The predicted molar refractivity (Wildman–Crippen MR) is 129 cm³/mol. The summed E-state index contributed by atoms with van der Waals surface area (Å²) in [6, 6.07) is 9.81. The van der Waals surface area contributed by atoms with E-state index in [1.54, 1.807) is 27.4 Å². The number of hydrogen-bond acceptors (Lipinski definition) is 5. The molecule has 174 valence electrons. The van der Waals surface area contributed by atoms with Crippen LogP contribution in [-0.2, 0) is 24.1 Å². The lowest BCUT2D eigenvalue weighted by atomic mass is 9.94. The van der Waals surface area contributed by atoms with Crippen LogP contribution in [0, 0.1) is 0 Å². The lowest BCUT2D eigenvalue weighted by Crippen LogP contribution is -2.23. The SMILES string of the molecule is COc1ccc(CCNC(=O)/C=C(\C)c2cc3c4c(oc3cc2OC)CCCC4)cc1OC. The van der Waals surface area contributed by atoms with Crippen LogP contribution in [0.1, 0.15) is 42.2 Å². The standard InChI is InChI=1S/C27H31NO5/c1-17(13-27(29)28-12-11-18-9-10-23(30-2)26(14-18)32-4)20-15-21-19-7-5-6-8-22(19)33-25(21)16-24(20)31-3/h9-10,13-16H,5-8,11-12H2,1-4H3,(H,28,29)/b17-13+. The maximum Gasteiger partial charge on any atom is 0.244 e. The van der Waals surface area contributed by atoms with E-state index in [9.17, 15) is 4.79 Å². The Labute approximate surface area is 194 Å². The third-order valence-corrected chi connectivity index (χ3v) is 6.21. The van der Waals surface area contributed by atoms with Crippen molar-refractivity contribution < 1.29 is 23.4 Å². The molecule has 1 aliphatic rings. The van der Waals surface area contributed by atoms with Gasteiger partial charge in [-0.15, -0.1) is 0 Å². The summed E-state index contributed by atoms with van der Waals surface area (Å²) in [6.07, 6.45) is 6.69. The van der Waals surface area contributed by atoms with Crippen LogP contribution >= 0.6 is 0 Å². The highest BCUT2D eigenvalue weighted by Crippen LogP contribution is 2.37. The molecule has 33 heavy (non-hydrogen) atoms. The van der Waals surface area contributed by atoms with Crippen LogP contribution in [0.2, 0.25) is 0 Å². The van der Waals surface area contributed by atoms with Crippen molar-refractivity contribution in [3.63, 3.8) is 0 Å². The maximum atomic E-state index is 12.6. The maximum absolute atomic E-state index is 12.6. The van der Waals surface area contributed by atoms with E-state index in [1.807, 2.05) is 31.2 Å². The highest BCUT2D eigenvalue weighted by molar-refractivity contribution is 5.97. The zero-order chi connectivity index (χ0) is 23.4. The van der Waals surface area contributed by atoms with E-state index < -0.39 is 0 Å². The first-order chi connectivity index (χ1) is 16.0. The van der Waals surface area contributed by atoms with E-state index in [-0.39, 0.29) is 5.91 Å². The molecule has 0 bridgehead atoms. The smallest absolute Gasteiger partial charge is 0.244 e. The van der Waals surface area contributed by atoms with Crippen molar-refractivity contribution >= 4 is 22.4 Å². The fraction of sp³-hybridized carbons (Fsp3) is 0.370. The van der Waals surface area contributed by atoms with Crippen molar-refractivity contribution in [2.75, 3.05) is 27.9 Å². The zero-order valence-corrected chi connectivity index (χ0v) is 19.7. The topological polar surface area (TPSA) is 69.9 Å². The monoisotopic (exact) mass is 449 g/mol. The average Bonchev–Trinajstić information content (AvgIpc) is 3.20. The summed E-state index contributed by atoms with van der Waals surface area (Å²) in [5, 5.41) is 4.10. The molecule has 6 nitrogen and oxygen atoms in total. The predicted octanol–water partition coefficient (Wildman–Crippen LogP) is 5.10. The number of carbonyl (C=O) groups is 1. The van der Waals surface area contributed by atoms with Gasteiger partial charge in [-0.3, -0.25) is 4.79 Å². The van der Waals surface area contributed by atoms with Crippen LogP contribution in [0.5, 0.6) is 17.2 Å². The summed E-state index contributed by atoms with van der Waals surface area (Å²) < 4.78 is 22.3. The molecule has 1 heterocycles. The van der Waals surface area contributed by atoms with Gasteiger partial charge in [0, 0.05) is 41.6 Å². The number of ether oxygens (including phenoxy) is 3. The van der Waals surface area contributed by atoms with Crippen LogP contribution < -0.4 is 19.5 Å². The number of furan rings is 1. The number of methoxy groups -OCH3 is 3. The molecular formula is C27H31NO5. The quantitative estimate of drug-likeness (QED) is 0.485. The summed E-state index contributed by atoms with van der Waals surface area (Å²) in [7, 11) is 4.87. The first kappa shape index (κ1) is 22.8. The lowest BCUT2D eigenvalue weighted by Gasteiger charge is -2.11. The molecule has 2 aromatic carbocycles. The molecule has 1 aliphatic carbocycles. The molecule has 0 unspecified atom stereocenters. The first-order valence-corrected chi connectivity index (χ1v) is 11.3. The second kappa shape index (κ2) is 10.0. The van der Waals surface area contributed by atoms with Gasteiger partial charge in [-0.1, -0.05) is 6.07 Å². The van der Waals surface area contributed by atoms with Crippen LogP contribution in [0.15, 0.2) is 40.8 Å². The van der Waals surface area contributed by atoms with Crippen LogP contribution in [0.3, 0.4) is 0 Å². The Balaban J connectivity index is 1.47. The van der Waals surface area contributed by atoms with E-state index in [4.69, 9.17) is 18.6 Å². The molecule has 0 saturated carbocycles. The summed E-state index contributed by atoms with van der Waals surface area (Å²) in [6.45, 7) is 2.45. The second-order valence-corrected chi connectivity index (χ2v) is 8.32. The lowest BCUT2D eigenvalue weighted by molar-refractivity contribution is -0.116. The number of carbonyl (C=O) groups excluding carboxylic acids is 1. The van der Waals surface area contributed by atoms with Gasteiger partial charge in [-0.25, -0.2) is 0 Å². The number of rotatable bonds is 8. The summed E-state index contributed by atoms with van der Waals surface area (Å²) in [4.78, 5) is 12.6. The van der Waals surface area contributed by atoms with Crippen molar-refractivity contribution in [1.29, 1.82) is 0 Å². The summed E-state index contributed by atoms with van der Waals surface area (Å²) in [5.41, 5.74) is 4.98. The van der Waals surface area contributed by atoms with Crippen molar-refractivity contribution in [2.45, 2.75) is 39.0 Å². The molecule has 0 fully saturated rings. The molecule has 6 heteroatoms. The Kier molecular flexibility index (Phi) is 6.92. The number of hydrogen-bond donors (Lipinski definition) is 1. The van der Waals surface area contributed by atoms with Gasteiger partial charge in [-0.05, 0) is 61.9 Å². The number of fused-ring (bicyclic) bond motifs is 3. The first-order valence-electron chi connectivity index (χ1n) is 11.3. The Morgan fingerprint density at radius 3 is 2.52 bits per heavy atom. The van der Waals surface area contributed by atoms with Crippen LogP contribution in [0.25, 0.3) is 16.5 Å². The van der Waals surface area contributed by atoms with Gasteiger partial charge in [0.15, 0.2) is 11.5 Å². The molecular weight excluding hydrogens is 418 g/mol. The minimum atomic E-state index is -0.135. The fourth-order valence-corrected chi connectivity index (χ4v) is 4.46. The van der Waals surface area contributed by atoms with Gasteiger partial charge >= 0.3 is 0 Å². The third kappa shape index (κ3) is 4.85. The Hall–Kier alpha value is -3.41. The van der Waals surface area contributed by atoms with Crippen LogP contribution in [-0.4, -0.2) is 33.8 Å². The van der Waals surface area contributed by atoms with Gasteiger partial charge in [-0.2, -0.15) is 0 Å². The van der Waals surface area contributed by atoms with E-state index >= 15 is 0 Å². The van der Waals surface area contributed by atoms with Gasteiger partial charge in [0.25, 0.3) is 0 Å². The van der Waals surface area contributed by atoms with Crippen molar-refractivity contribution in [3.05, 3.63) is 58.9 Å². The van der Waals surface area contributed by atoms with E-state index in [1.165, 1.54) is 18.4 Å².